The Bertz CT molecular complexity index is 859. The van der Waals surface area contributed by atoms with Crippen molar-refractivity contribution in [3.63, 3.8) is 0 Å². The molecule has 26 heavy (non-hydrogen) atoms. The molecule has 0 radical (unpaired) electrons. The fourth-order valence-electron chi connectivity index (χ4n) is 3.21. The van der Waals surface area contributed by atoms with Gasteiger partial charge < -0.3 is 19.7 Å². The van der Waals surface area contributed by atoms with Crippen molar-refractivity contribution in [2.45, 2.75) is 13.3 Å². The zero-order valence-electron chi connectivity index (χ0n) is 14.5. The summed E-state index contributed by atoms with van der Waals surface area (Å²) < 4.78 is 10.6. The predicted molar refractivity (Wildman–Crippen MR) is 96.4 cm³/mol. The van der Waals surface area contributed by atoms with Gasteiger partial charge >= 0.3 is 0 Å². The second-order valence-electron chi connectivity index (χ2n) is 6.48. The number of amides is 2. The molecule has 1 N–H and O–H groups in total. The van der Waals surface area contributed by atoms with Gasteiger partial charge in [-0.1, -0.05) is 25.1 Å². The Hall–Kier alpha value is -3.02. The van der Waals surface area contributed by atoms with Crippen LogP contribution in [0.25, 0.3) is 0 Å². The number of benzene rings is 2. The lowest BCUT2D eigenvalue weighted by Gasteiger charge is -2.38. The van der Waals surface area contributed by atoms with E-state index >= 15 is 0 Å². The lowest BCUT2D eigenvalue weighted by molar-refractivity contribution is -0.123. The molecule has 6 heteroatoms. The highest BCUT2D eigenvalue weighted by Crippen LogP contribution is 2.33. The molecular formula is C20H20N2O4. The third-order valence-electron chi connectivity index (χ3n) is 4.82. The summed E-state index contributed by atoms with van der Waals surface area (Å²) in [5.41, 5.74) is 2.50. The first-order valence-corrected chi connectivity index (χ1v) is 8.73. The van der Waals surface area contributed by atoms with Crippen molar-refractivity contribution in [3.05, 3.63) is 53.6 Å². The van der Waals surface area contributed by atoms with E-state index in [1.807, 2.05) is 24.3 Å². The van der Waals surface area contributed by atoms with Crippen molar-refractivity contribution < 1.29 is 19.1 Å². The van der Waals surface area contributed by atoms with Gasteiger partial charge in [0.1, 0.15) is 0 Å². The van der Waals surface area contributed by atoms with Crippen molar-refractivity contribution >= 4 is 17.5 Å². The minimum atomic E-state index is -0.183. The number of hydrogen-bond acceptors (Lipinski definition) is 4. The molecule has 0 spiro atoms. The SMILES string of the molecule is CCc1ccccc1NC(=O)C1CN(C(=O)c2ccc3c(c2)OCO3)C1. The molecule has 0 aliphatic carbocycles. The topological polar surface area (TPSA) is 67.9 Å². The third kappa shape index (κ3) is 2.98. The second kappa shape index (κ2) is 6.71. The largest absolute Gasteiger partial charge is 0.454 e. The molecule has 0 unspecified atom stereocenters. The van der Waals surface area contributed by atoms with Gasteiger partial charge in [-0.05, 0) is 36.2 Å². The van der Waals surface area contributed by atoms with Gasteiger partial charge in [0, 0.05) is 24.3 Å². The maximum Gasteiger partial charge on any atom is 0.254 e. The van der Waals surface area contributed by atoms with Crippen molar-refractivity contribution in [1.82, 2.24) is 4.90 Å². The summed E-state index contributed by atoms with van der Waals surface area (Å²) in [6.07, 6.45) is 0.857. The molecule has 2 aromatic carbocycles. The van der Waals surface area contributed by atoms with E-state index in [0.717, 1.165) is 17.7 Å². The van der Waals surface area contributed by atoms with Crippen LogP contribution in [0, 0.1) is 5.92 Å². The molecule has 1 fully saturated rings. The summed E-state index contributed by atoms with van der Waals surface area (Å²) in [4.78, 5) is 26.7. The first-order chi connectivity index (χ1) is 12.7. The number of nitrogens with one attached hydrogen (secondary N) is 1. The minimum absolute atomic E-state index is 0.0411. The van der Waals surface area contributed by atoms with Gasteiger partial charge in [-0.2, -0.15) is 0 Å². The molecule has 2 amide bonds. The number of ether oxygens (including phenoxy) is 2. The highest BCUT2D eigenvalue weighted by molar-refractivity contribution is 5.99. The molecule has 2 heterocycles. The second-order valence-corrected chi connectivity index (χ2v) is 6.48. The van der Waals surface area contributed by atoms with E-state index in [4.69, 9.17) is 9.47 Å². The Balaban J connectivity index is 1.36. The molecule has 0 bridgehead atoms. The first kappa shape index (κ1) is 16.4. The van der Waals surface area contributed by atoms with Crippen molar-refractivity contribution in [2.75, 3.05) is 25.2 Å². The van der Waals surface area contributed by atoms with Crippen LogP contribution in [-0.4, -0.2) is 36.6 Å². The Kier molecular flexibility index (Phi) is 4.24. The van der Waals surface area contributed by atoms with Crippen LogP contribution in [0.4, 0.5) is 5.69 Å². The number of rotatable bonds is 4. The van der Waals surface area contributed by atoms with Crippen LogP contribution in [0.1, 0.15) is 22.8 Å². The normalized spacial score (nSPS) is 15.5. The van der Waals surface area contributed by atoms with Crippen LogP contribution in [-0.2, 0) is 11.2 Å². The van der Waals surface area contributed by atoms with Gasteiger partial charge in [-0.25, -0.2) is 0 Å². The zero-order chi connectivity index (χ0) is 18.1. The van der Waals surface area contributed by atoms with E-state index in [9.17, 15) is 9.59 Å². The number of hydrogen-bond donors (Lipinski definition) is 1. The zero-order valence-corrected chi connectivity index (χ0v) is 14.5. The highest BCUT2D eigenvalue weighted by atomic mass is 16.7. The average Bonchev–Trinajstić information content (AvgIpc) is 3.08. The van der Waals surface area contributed by atoms with Crippen LogP contribution < -0.4 is 14.8 Å². The number of aryl methyl sites for hydroxylation is 1. The monoisotopic (exact) mass is 352 g/mol. The van der Waals surface area contributed by atoms with E-state index in [2.05, 4.69) is 12.2 Å². The molecular weight excluding hydrogens is 332 g/mol. The molecule has 0 atom stereocenters. The molecule has 134 valence electrons. The fourth-order valence-corrected chi connectivity index (χ4v) is 3.21. The van der Waals surface area contributed by atoms with Gasteiger partial charge in [0.15, 0.2) is 11.5 Å². The maximum atomic E-state index is 12.6. The number of anilines is 1. The van der Waals surface area contributed by atoms with Gasteiger partial charge in [-0.15, -0.1) is 0 Å². The van der Waals surface area contributed by atoms with Crippen LogP contribution in [0.3, 0.4) is 0 Å². The Labute approximate surface area is 151 Å². The van der Waals surface area contributed by atoms with Crippen LogP contribution >= 0.6 is 0 Å². The predicted octanol–water partition coefficient (Wildman–Crippen LogP) is 2.69. The first-order valence-electron chi connectivity index (χ1n) is 8.73. The van der Waals surface area contributed by atoms with E-state index in [-0.39, 0.29) is 24.5 Å². The van der Waals surface area contributed by atoms with E-state index in [0.29, 0.717) is 30.2 Å². The minimum Gasteiger partial charge on any atom is -0.454 e. The standard InChI is InChI=1S/C20H20N2O4/c1-2-13-5-3-4-6-16(13)21-19(23)15-10-22(11-15)20(24)14-7-8-17-18(9-14)26-12-25-17/h3-9,15H,2,10-12H2,1H3,(H,21,23). The Morgan fingerprint density at radius 2 is 1.88 bits per heavy atom. The van der Waals surface area contributed by atoms with Gasteiger partial charge in [0.05, 0.1) is 5.92 Å². The summed E-state index contributed by atoms with van der Waals surface area (Å²) in [6.45, 7) is 3.08. The van der Waals surface area contributed by atoms with Crippen LogP contribution in [0.2, 0.25) is 0 Å². The van der Waals surface area contributed by atoms with E-state index in [1.165, 1.54) is 0 Å². The molecule has 0 saturated carbocycles. The fraction of sp³-hybridized carbons (Fsp3) is 0.300. The molecule has 1 saturated heterocycles. The van der Waals surface area contributed by atoms with Crippen molar-refractivity contribution in [1.29, 1.82) is 0 Å². The lowest BCUT2D eigenvalue weighted by atomic mass is 9.97. The van der Waals surface area contributed by atoms with Crippen LogP contribution in [0.15, 0.2) is 42.5 Å². The third-order valence-corrected chi connectivity index (χ3v) is 4.82. The summed E-state index contributed by atoms with van der Waals surface area (Å²) in [6, 6.07) is 12.9. The molecule has 2 aliphatic heterocycles. The number of likely N-dealkylation sites (tertiary alicyclic amines) is 1. The number of fused-ring (bicyclic) bond motifs is 1. The van der Waals surface area contributed by atoms with Gasteiger partial charge in [0.25, 0.3) is 5.91 Å². The Morgan fingerprint density at radius 1 is 1.12 bits per heavy atom. The van der Waals surface area contributed by atoms with E-state index in [1.54, 1.807) is 23.1 Å². The molecule has 2 aliphatic rings. The van der Waals surface area contributed by atoms with Gasteiger partial charge in [0.2, 0.25) is 12.7 Å². The van der Waals surface area contributed by atoms with Crippen LogP contribution in [0.5, 0.6) is 11.5 Å². The number of nitrogens with zero attached hydrogens (tertiary/aromatic N) is 1. The molecule has 6 nitrogen and oxygen atoms in total. The van der Waals surface area contributed by atoms with Crippen molar-refractivity contribution in [2.24, 2.45) is 5.92 Å². The number of para-hydroxylation sites is 1. The number of carbonyl (C=O) groups excluding carboxylic acids is 2. The Morgan fingerprint density at radius 3 is 2.69 bits per heavy atom. The summed E-state index contributed by atoms with van der Waals surface area (Å²) in [5, 5.41) is 2.98. The quantitative estimate of drug-likeness (QED) is 0.919. The molecule has 0 aromatic heterocycles. The number of carbonyl (C=O) groups is 2. The maximum absolute atomic E-state index is 12.6. The average molecular weight is 352 g/mol. The highest BCUT2D eigenvalue weighted by Gasteiger charge is 2.36. The summed E-state index contributed by atoms with van der Waals surface area (Å²) in [5.74, 6) is 0.915. The molecule has 4 rings (SSSR count). The summed E-state index contributed by atoms with van der Waals surface area (Å²) in [7, 11) is 0. The van der Waals surface area contributed by atoms with Gasteiger partial charge in [-0.3, -0.25) is 9.59 Å². The molecule has 2 aromatic rings. The van der Waals surface area contributed by atoms with Crippen molar-refractivity contribution in [3.8, 4) is 11.5 Å². The van der Waals surface area contributed by atoms with E-state index < -0.39 is 0 Å². The smallest absolute Gasteiger partial charge is 0.254 e. The summed E-state index contributed by atoms with van der Waals surface area (Å²) >= 11 is 0. The lowest BCUT2D eigenvalue weighted by Crippen LogP contribution is -2.54.